The van der Waals surface area contributed by atoms with Gasteiger partial charge in [-0.3, -0.25) is 4.90 Å². The van der Waals surface area contributed by atoms with E-state index in [4.69, 9.17) is 14.2 Å². The number of esters is 1. The van der Waals surface area contributed by atoms with Crippen LogP contribution >= 0.6 is 0 Å². The van der Waals surface area contributed by atoms with E-state index >= 15 is 0 Å². The van der Waals surface area contributed by atoms with Crippen molar-refractivity contribution in [3.63, 3.8) is 0 Å². The Bertz CT molecular complexity index is 536. The predicted octanol–water partition coefficient (Wildman–Crippen LogP) is 2.62. The lowest BCUT2D eigenvalue weighted by Gasteiger charge is -2.27. The lowest BCUT2D eigenvalue weighted by Crippen LogP contribution is -2.38. The van der Waals surface area contributed by atoms with Gasteiger partial charge in [0.05, 0.1) is 20.3 Å². The lowest BCUT2D eigenvalue weighted by molar-refractivity contribution is 0.0320. The number of morpholine rings is 1. The SMILES string of the molecule is COC(=O)c1c(C)ccc(C(C)C)c1OCCN1CCOCC1. The van der Waals surface area contributed by atoms with Crippen molar-refractivity contribution < 1.29 is 19.0 Å². The Hall–Kier alpha value is -1.59. The third kappa shape index (κ3) is 4.45. The fourth-order valence-corrected chi connectivity index (χ4v) is 2.76. The largest absolute Gasteiger partial charge is 0.491 e. The minimum Gasteiger partial charge on any atom is -0.491 e. The van der Waals surface area contributed by atoms with Crippen molar-refractivity contribution in [2.45, 2.75) is 26.7 Å². The standard InChI is InChI=1S/C18H27NO4/c1-13(2)15-6-5-14(3)16(18(20)21-4)17(15)23-12-9-19-7-10-22-11-8-19/h5-6,13H,7-12H2,1-4H3. The Morgan fingerprint density at radius 1 is 1.30 bits per heavy atom. The summed E-state index contributed by atoms with van der Waals surface area (Å²) in [6.07, 6.45) is 0. The molecule has 0 aliphatic carbocycles. The van der Waals surface area contributed by atoms with Crippen molar-refractivity contribution in [3.8, 4) is 5.75 Å². The fourth-order valence-electron chi connectivity index (χ4n) is 2.76. The first-order valence-corrected chi connectivity index (χ1v) is 8.19. The van der Waals surface area contributed by atoms with Gasteiger partial charge in [-0.15, -0.1) is 0 Å². The Balaban J connectivity index is 2.16. The third-order valence-electron chi connectivity index (χ3n) is 4.17. The Labute approximate surface area is 138 Å². The third-order valence-corrected chi connectivity index (χ3v) is 4.17. The predicted molar refractivity (Wildman–Crippen MR) is 89.4 cm³/mol. The average molecular weight is 321 g/mol. The van der Waals surface area contributed by atoms with E-state index in [0.717, 1.165) is 44.0 Å². The van der Waals surface area contributed by atoms with Gasteiger partial charge in [-0.05, 0) is 24.0 Å². The maximum atomic E-state index is 12.2. The van der Waals surface area contributed by atoms with Crippen molar-refractivity contribution in [2.24, 2.45) is 0 Å². The maximum absolute atomic E-state index is 12.2. The second kappa shape index (κ2) is 8.31. The molecule has 0 bridgehead atoms. The van der Waals surface area contributed by atoms with E-state index in [1.165, 1.54) is 7.11 Å². The first-order valence-electron chi connectivity index (χ1n) is 8.19. The Morgan fingerprint density at radius 2 is 2.00 bits per heavy atom. The molecule has 5 nitrogen and oxygen atoms in total. The molecule has 1 aliphatic heterocycles. The minimum atomic E-state index is -0.341. The zero-order chi connectivity index (χ0) is 16.8. The number of hydrogen-bond acceptors (Lipinski definition) is 5. The summed E-state index contributed by atoms with van der Waals surface area (Å²) in [5.41, 5.74) is 2.46. The summed E-state index contributed by atoms with van der Waals surface area (Å²) in [6, 6.07) is 3.99. The molecule has 1 aromatic carbocycles. The molecule has 1 saturated heterocycles. The van der Waals surface area contributed by atoms with Crippen molar-refractivity contribution in [3.05, 3.63) is 28.8 Å². The van der Waals surface area contributed by atoms with E-state index in [0.29, 0.717) is 17.9 Å². The van der Waals surface area contributed by atoms with Gasteiger partial charge in [-0.25, -0.2) is 4.79 Å². The molecule has 0 aromatic heterocycles. The summed E-state index contributed by atoms with van der Waals surface area (Å²) in [4.78, 5) is 14.5. The molecule has 0 unspecified atom stereocenters. The number of hydrogen-bond donors (Lipinski definition) is 0. The van der Waals surface area contributed by atoms with Gasteiger partial charge in [0.2, 0.25) is 0 Å². The molecule has 5 heteroatoms. The molecular weight excluding hydrogens is 294 g/mol. The number of carbonyl (C=O) groups excluding carboxylic acids is 1. The van der Waals surface area contributed by atoms with Crippen LogP contribution in [0.3, 0.4) is 0 Å². The van der Waals surface area contributed by atoms with Gasteiger partial charge in [0.1, 0.15) is 17.9 Å². The van der Waals surface area contributed by atoms with Crippen molar-refractivity contribution in [2.75, 3.05) is 46.6 Å². The van der Waals surface area contributed by atoms with Crippen molar-refractivity contribution in [1.82, 2.24) is 4.90 Å². The van der Waals surface area contributed by atoms with Gasteiger partial charge in [0.25, 0.3) is 0 Å². The van der Waals surface area contributed by atoms with Crippen LogP contribution in [0.5, 0.6) is 5.75 Å². The lowest BCUT2D eigenvalue weighted by atomic mass is 9.96. The van der Waals surface area contributed by atoms with Crippen molar-refractivity contribution >= 4 is 5.97 Å². The van der Waals surface area contributed by atoms with Crippen molar-refractivity contribution in [1.29, 1.82) is 0 Å². The number of nitrogens with zero attached hydrogens (tertiary/aromatic N) is 1. The summed E-state index contributed by atoms with van der Waals surface area (Å²) < 4.78 is 16.3. The number of carbonyl (C=O) groups is 1. The molecule has 1 fully saturated rings. The van der Waals surface area contributed by atoms with E-state index in [1.807, 2.05) is 19.1 Å². The van der Waals surface area contributed by atoms with Gasteiger partial charge in [-0.2, -0.15) is 0 Å². The Morgan fingerprint density at radius 3 is 2.61 bits per heavy atom. The van der Waals surface area contributed by atoms with E-state index < -0.39 is 0 Å². The molecule has 1 aliphatic rings. The summed E-state index contributed by atoms with van der Waals surface area (Å²) in [5.74, 6) is 0.601. The van der Waals surface area contributed by atoms with Crippen LogP contribution in [0, 0.1) is 6.92 Å². The van der Waals surface area contributed by atoms with Gasteiger partial charge < -0.3 is 14.2 Å². The smallest absolute Gasteiger partial charge is 0.341 e. The number of benzene rings is 1. The number of aryl methyl sites for hydroxylation is 1. The van der Waals surface area contributed by atoms with Gasteiger partial charge in [0, 0.05) is 19.6 Å². The monoisotopic (exact) mass is 321 g/mol. The highest BCUT2D eigenvalue weighted by atomic mass is 16.5. The molecule has 1 aromatic rings. The molecule has 0 atom stereocenters. The highest BCUT2D eigenvalue weighted by molar-refractivity contribution is 5.94. The van der Waals surface area contributed by atoms with Crippen LogP contribution in [-0.2, 0) is 9.47 Å². The Kier molecular flexibility index (Phi) is 6.42. The van der Waals surface area contributed by atoms with E-state index in [-0.39, 0.29) is 11.9 Å². The molecule has 1 heterocycles. The molecule has 0 amide bonds. The zero-order valence-corrected chi connectivity index (χ0v) is 14.6. The second-order valence-corrected chi connectivity index (χ2v) is 6.12. The number of ether oxygens (including phenoxy) is 3. The highest BCUT2D eigenvalue weighted by Crippen LogP contribution is 2.33. The highest BCUT2D eigenvalue weighted by Gasteiger charge is 2.21. The summed E-state index contributed by atoms with van der Waals surface area (Å²) in [5, 5.41) is 0. The second-order valence-electron chi connectivity index (χ2n) is 6.12. The normalized spacial score (nSPS) is 15.7. The zero-order valence-electron chi connectivity index (χ0n) is 14.6. The van der Waals surface area contributed by atoms with Gasteiger partial charge in [0.15, 0.2) is 0 Å². The number of methoxy groups -OCH3 is 1. The quantitative estimate of drug-likeness (QED) is 0.754. The molecule has 23 heavy (non-hydrogen) atoms. The molecule has 0 spiro atoms. The molecular formula is C18H27NO4. The van der Waals surface area contributed by atoms with Crippen LogP contribution < -0.4 is 4.74 Å². The van der Waals surface area contributed by atoms with E-state index in [2.05, 4.69) is 18.7 Å². The summed E-state index contributed by atoms with van der Waals surface area (Å²) >= 11 is 0. The molecule has 0 saturated carbocycles. The van der Waals surface area contributed by atoms with E-state index in [9.17, 15) is 4.79 Å². The number of rotatable bonds is 6. The topological polar surface area (TPSA) is 48.0 Å². The van der Waals surface area contributed by atoms with Gasteiger partial charge >= 0.3 is 5.97 Å². The van der Waals surface area contributed by atoms with Gasteiger partial charge in [-0.1, -0.05) is 26.0 Å². The summed E-state index contributed by atoms with van der Waals surface area (Å²) in [6.45, 7) is 10.9. The van der Waals surface area contributed by atoms with Crippen LogP contribution in [0.1, 0.15) is 41.3 Å². The van der Waals surface area contributed by atoms with Crippen LogP contribution in [0.25, 0.3) is 0 Å². The fraction of sp³-hybridized carbons (Fsp3) is 0.611. The molecule has 0 N–H and O–H groups in total. The van der Waals surface area contributed by atoms with Crippen LogP contribution in [-0.4, -0.2) is 57.4 Å². The maximum Gasteiger partial charge on any atom is 0.341 e. The van der Waals surface area contributed by atoms with E-state index in [1.54, 1.807) is 0 Å². The average Bonchev–Trinajstić information content (AvgIpc) is 2.55. The van der Waals surface area contributed by atoms with Crippen LogP contribution in [0.15, 0.2) is 12.1 Å². The first-order chi connectivity index (χ1) is 11.0. The first kappa shape index (κ1) is 17.8. The van der Waals surface area contributed by atoms with Crippen LogP contribution in [0.4, 0.5) is 0 Å². The van der Waals surface area contributed by atoms with Crippen LogP contribution in [0.2, 0.25) is 0 Å². The summed E-state index contributed by atoms with van der Waals surface area (Å²) in [7, 11) is 1.40. The minimum absolute atomic E-state index is 0.275. The molecule has 2 rings (SSSR count). The molecule has 128 valence electrons. The molecule has 0 radical (unpaired) electrons.